The molecule has 4 N–H and O–H groups in total. The first-order valence-electron chi connectivity index (χ1n) is 22.7. The Balaban J connectivity index is 1.03. The molecule has 1 unspecified atom stereocenters. The highest BCUT2D eigenvalue weighted by atomic mass is 16.5. The van der Waals surface area contributed by atoms with E-state index in [2.05, 4.69) is 68.3 Å². The van der Waals surface area contributed by atoms with Crippen molar-refractivity contribution in [1.29, 1.82) is 0 Å². The Hall–Kier alpha value is -6.13. The summed E-state index contributed by atoms with van der Waals surface area (Å²) in [6, 6.07) is 8.87. The maximum absolute atomic E-state index is 13.9. The molecule has 17 heteroatoms. The predicted octanol–water partition coefficient (Wildman–Crippen LogP) is 5.73. The number of aromatic amines is 1. The summed E-state index contributed by atoms with van der Waals surface area (Å²) in [5.41, 5.74) is 6.18. The standard InChI is InChI=1S/C47H63N11O6/c1-26(2)40(53-46(61)63-7)44(59)56-21-9-11-37(56)42-49-31-16-13-28(23-33(31)51-42)35-18-19-36(58(35)30-15-20-39(48-25-30)55(5)6)29-14-17-32-34(24-29)52-43(50-32)38-12-10-22-57(38)45(60)41(27(3)4)54-47(62)64-8/h13-16,20,23-27,32,35-38,40-41H,9-12,17-19,21-22H2,1-8H3,(H,49,51)(H,50,52)(H,53,61)(H,54,62)/t32?,35-,36-,37+,38+,40+,41+/m1/s1. The Bertz CT molecular complexity index is 2340. The zero-order valence-corrected chi connectivity index (χ0v) is 38.3. The lowest BCUT2D eigenvalue weighted by atomic mass is 9.94. The van der Waals surface area contributed by atoms with Crippen molar-refractivity contribution in [3.05, 3.63) is 71.3 Å². The zero-order valence-electron chi connectivity index (χ0n) is 38.3. The van der Waals surface area contributed by atoms with Crippen molar-refractivity contribution in [3.8, 4) is 0 Å². The summed E-state index contributed by atoms with van der Waals surface area (Å²) >= 11 is 0. The van der Waals surface area contributed by atoms with Gasteiger partial charge < -0.3 is 50.0 Å². The number of carbonyl (C=O) groups is 4. The number of fused-ring (bicyclic) bond motifs is 2. The van der Waals surface area contributed by atoms with Crippen molar-refractivity contribution in [2.75, 3.05) is 51.2 Å². The lowest BCUT2D eigenvalue weighted by Gasteiger charge is -2.34. The molecule has 6 heterocycles. The number of hydrogen-bond donors (Lipinski definition) is 4. The molecule has 1 aliphatic carbocycles. The summed E-state index contributed by atoms with van der Waals surface area (Å²) in [5, 5.41) is 9.14. The molecular weight excluding hydrogens is 815 g/mol. The second kappa shape index (κ2) is 18.5. The van der Waals surface area contributed by atoms with E-state index in [1.807, 2.05) is 62.7 Å². The number of H-pyrrole nitrogens is 1. The molecule has 4 aliphatic heterocycles. The van der Waals surface area contributed by atoms with Gasteiger partial charge in [0, 0.05) is 32.9 Å². The molecule has 0 saturated carbocycles. The monoisotopic (exact) mass is 877 g/mol. The quantitative estimate of drug-likeness (QED) is 0.174. The van der Waals surface area contributed by atoms with Crippen molar-refractivity contribution in [3.63, 3.8) is 0 Å². The van der Waals surface area contributed by atoms with Crippen LogP contribution in [0.5, 0.6) is 0 Å². The van der Waals surface area contributed by atoms with Gasteiger partial charge >= 0.3 is 12.2 Å². The van der Waals surface area contributed by atoms with Gasteiger partial charge in [-0.05, 0) is 98.3 Å². The number of imidazole rings is 1. The first kappa shape index (κ1) is 44.5. The number of rotatable bonds is 12. The average molecular weight is 878 g/mol. The van der Waals surface area contributed by atoms with Gasteiger partial charge in [-0.2, -0.15) is 0 Å². The SMILES string of the molecule is COC(=O)N[C@H](C(=O)N1CCC[C@H]1C1=NC2CC=C([C@H]3CC[C@H](c4ccc5nc([C@@H]6CCCN6C(=O)[C@@H](NC(=O)OC)C(C)C)[nH]c5c4)N3c3ccc(N(C)C)nc3)C=C2N1)C(C)C. The summed E-state index contributed by atoms with van der Waals surface area (Å²) < 4.78 is 9.66. The van der Waals surface area contributed by atoms with E-state index in [1.165, 1.54) is 19.8 Å². The summed E-state index contributed by atoms with van der Waals surface area (Å²) in [6.07, 6.45) is 11.1. The molecule has 0 bridgehead atoms. The van der Waals surface area contributed by atoms with E-state index in [1.54, 1.807) is 0 Å². The fourth-order valence-electron chi connectivity index (χ4n) is 10.1. The summed E-state index contributed by atoms with van der Waals surface area (Å²) in [7, 11) is 6.58. The number of anilines is 2. The van der Waals surface area contributed by atoms with Gasteiger partial charge in [0.15, 0.2) is 0 Å². The Morgan fingerprint density at radius 1 is 0.812 bits per heavy atom. The molecule has 0 radical (unpaired) electrons. The molecule has 342 valence electrons. The highest BCUT2D eigenvalue weighted by Crippen LogP contribution is 2.45. The van der Waals surface area contributed by atoms with Gasteiger partial charge in [-0.3, -0.25) is 14.6 Å². The van der Waals surface area contributed by atoms with Crippen molar-refractivity contribution in [2.24, 2.45) is 16.8 Å². The zero-order chi connectivity index (χ0) is 45.4. The molecule has 4 amide bonds. The Kier molecular flexibility index (Phi) is 12.9. The fourth-order valence-corrected chi connectivity index (χ4v) is 10.1. The lowest BCUT2D eigenvalue weighted by Crippen LogP contribution is -2.54. The van der Waals surface area contributed by atoms with Crippen LogP contribution in [0.1, 0.15) is 96.1 Å². The Labute approximate surface area is 375 Å². The number of pyridine rings is 1. The molecule has 3 aromatic rings. The minimum atomic E-state index is -0.708. The highest BCUT2D eigenvalue weighted by Gasteiger charge is 2.43. The van der Waals surface area contributed by atoms with E-state index in [-0.39, 0.29) is 53.9 Å². The first-order valence-corrected chi connectivity index (χ1v) is 22.7. The number of ether oxygens (including phenoxy) is 2. The molecule has 3 saturated heterocycles. The smallest absolute Gasteiger partial charge is 0.407 e. The van der Waals surface area contributed by atoms with E-state index < -0.39 is 24.3 Å². The summed E-state index contributed by atoms with van der Waals surface area (Å²) in [4.78, 5) is 78.8. The number of nitrogens with one attached hydrogen (secondary N) is 4. The Morgan fingerprint density at radius 2 is 1.45 bits per heavy atom. The minimum Gasteiger partial charge on any atom is -0.453 e. The second-order valence-electron chi connectivity index (χ2n) is 18.5. The number of amides is 4. The largest absolute Gasteiger partial charge is 0.453 e. The van der Waals surface area contributed by atoms with Crippen molar-refractivity contribution in [1.82, 2.24) is 40.7 Å². The predicted molar refractivity (Wildman–Crippen MR) is 245 cm³/mol. The number of methoxy groups -OCH3 is 2. The molecule has 2 aromatic heterocycles. The van der Waals surface area contributed by atoms with Crippen LogP contribution in [-0.4, -0.2) is 126 Å². The second-order valence-corrected chi connectivity index (χ2v) is 18.5. The molecular formula is C47H63N11O6. The van der Waals surface area contributed by atoms with Crippen LogP contribution in [0.15, 0.2) is 64.9 Å². The number of carbonyl (C=O) groups excluding carboxylic acids is 4. The van der Waals surface area contributed by atoms with Crippen LogP contribution in [-0.2, 0) is 19.1 Å². The molecule has 64 heavy (non-hydrogen) atoms. The van der Waals surface area contributed by atoms with E-state index in [0.29, 0.717) is 13.1 Å². The number of hydrogen-bond acceptors (Lipinski definition) is 12. The fraction of sp³-hybridized carbons (Fsp3) is 0.553. The third-order valence-corrected chi connectivity index (χ3v) is 13.5. The Morgan fingerprint density at radius 3 is 2.06 bits per heavy atom. The number of aliphatic imine (C=N–C) groups is 1. The lowest BCUT2D eigenvalue weighted by molar-refractivity contribution is -0.135. The molecule has 3 fully saturated rings. The van der Waals surface area contributed by atoms with E-state index in [0.717, 1.165) is 90.4 Å². The highest BCUT2D eigenvalue weighted by molar-refractivity contribution is 5.97. The number of alkyl carbamates (subject to hydrolysis) is 2. The van der Waals surface area contributed by atoms with Gasteiger partial charge in [0.25, 0.3) is 0 Å². The van der Waals surface area contributed by atoms with Gasteiger partial charge in [0.2, 0.25) is 11.8 Å². The van der Waals surface area contributed by atoms with Gasteiger partial charge in [-0.1, -0.05) is 39.8 Å². The van der Waals surface area contributed by atoms with Crippen LogP contribution in [0.3, 0.4) is 0 Å². The molecule has 17 nitrogen and oxygen atoms in total. The molecule has 0 spiro atoms. The third kappa shape index (κ3) is 8.72. The topological polar surface area (TPSA) is 190 Å². The minimum absolute atomic E-state index is 0.0415. The van der Waals surface area contributed by atoms with Crippen molar-refractivity contribution in [2.45, 2.75) is 115 Å². The molecule has 8 rings (SSSR count). The summed E-state index contributed by atoms with van der Waals surface area (Å²) in [6.45, 7) is 8.85. The number of aromatic nitrogens is 3. The van der Waals surface area contributed by atoms with Gasteiger partial charge in [0.1, 0.15) is 29.6 Å². The van der Waals surface area contributed by atoms with Crippen LogP contribution in [0.4, 0.5) is 21.1 Å². The van der Waals surface area contributed by atoms with Crippen molar-refractivity contribution >= 4 is 52.4 Å². The van der Waals surface area contributed by atoms with Crippen LogP contribution >= 0.6 is 0 Å². The molecule has 1 aromatic carbocycles. The van der Waals surface area contributed by atoms with Crippen LogP contribution in [0.25, 0.3) is 11.0 Å². The summed E-state index contributed by atoms with van der Waals surface area (Å²) in [5.74, 6) is 1.92. The van der Waals surface area contributed by atoms with Crippen LogP contribution in [0, 0.1) is 11.8 Å². The maximum atomic E-state index is 13.9. The average Bonchev–Trinajstić information content (AvgIpc) is 4.14. The van der Waals surface area contributed by atoms with Crippen molar-refractivity contribution < 1.29 is 28.7 Å². The number of likely N-dealkylation sites (tertiary alicyclic amines) is 2. The number of benzene rings is 1. The van der Waals surface area contributed by atoms with E-state index in [4.69, 9.17) is 24.4 Å². The normalized spacial score (nSPS) is 23.9. The first-order chi connectivity index (χ1) is 30.8. The number of amidine groups is 1. The van der Waals surface area contributed by atoms with E-state index in [9.17, 15) is 19.2 Å². The maximum Gasteiger partial charge on any atom is 0.407 e. The third-order valence-electron chi connectivity index (χ3n) is 13.5. The van der Waals surface area contributed by atoms with Gasteiger partial charge in [0.05, 0.1) is 67.3 Å². The van der Waals surface area contributed by atoms with Gasteiger partial charge in [-0.25, -0.2) is 19.6 Å². The van der Waals surface area contributed by atoms with Crippen LogP contribution < -0.4 is 25.8 Å². The van der Waals surface area contributed by atoms with E-state index >= 15 is 0 Å². The van der Waals surface area contributed by atoms with Crippen LogP contribution in [0.2, 0.25) is 0 Å². The van der Waals surface area contributed by atoms with Gasteiger partial charge in [-0.15, -0.1) is 0 Å². The molecule has 7 atom stereocenters. The molecule has 5 aliphatic rings. The number of nitrogens with zero attached hydrogens (tertiary/aromatic N) is 7.